The molecule has 0 aromatic carbocycles. The van der Waals surface area contributed by atoms with E-state index in [-0.39, 0.29) is 5.54 Å². The molecule has 0 atom stereocenters. The average molecular weight is 227 g/mol. The van der Waals surface area contributed by atoms with Crippen molar-refractivity contribution in [1.29, 1.82) is 0 Å². The molecule has 0 radical (unpaired) electrons. The van der Waals surface area contributed by atoms with Crippen LogP contribution in [0.1, 0.15) is 59.2 Å². The SMILES string of the molecule is CCC(C)(CC)n1c(C(C)C)n[nH]c1=S. The number of nitrogens with one attached hydrogen (secondary N) is 1. The fourth-order valence-corrected chi connectivity index (χ4v) is 2.14. The Balaban J connectivity index is 3.34. The number of rotatable bonds is 4. The van der Waals surface area contributed by atoms with E-state index >= 15 is 0 Å². The molecule has 1 aromatic rings. The molecule has 0 saturated heterocycles. The fraction of sp³-hybridized carbons (Fsp3) is 0.818. The van der Waals surface area contributed by atoms with Crippen molar-refractivity contribution in [2.45, 2.75) is 58.9 Å². The highest BCUT2D eigenvalue weighted by Gasteiger charge is 2.27. The zero-order valence-corrected chi connectivity index (χ0v) is 11.1. The van der Waals surface area contributed by atoms with Gasteiger partial charge in [0.2, 0.25) is 0 Å². The molecule has 3 nitrogen and oxygen atoms in total. The molecule has 4 heteroatoms. The van der Waals surface area contributed by atoms with Crippen molar-refractivity contribution in [3.05, 3.63) is 10.6 Å². The Bertz CT molecular complexity index is 371. The van der Waals surface area contributed by atoms with Crippen LogP contribution in [-0.2, 0) is 5.54 Å². The van der Waals surface area contributed by atoms with Gasteiger partial charge in [-0.25, -0.2) is 0 Å². The highest BCUT2D eigenvalue weighted by atomic mass is 32.1. The van der Waals surface area contributed by atoms with Gasteiger partial charge in [-0.1, -0.05) is 27.7 Å². The van der Waals surface area contributed by atoms with Crippen molar-refractivity contribution in [1.82, 2.24) is 14.8 Å². The minimum Gasteiger partial charge on any atom is -0.298 e. The van der Waals surface area contributed by atoms with Crippen LogP contribution in [-0.4, -0.2) is 14.8 Å². The summed E-state index contributed by atoms with van der Waals surface area (Å²) in [5, 5.41) is 7.23. The van der Waals surface area contributed by atoms with Crippen molar-refractivity contribution in [2.75, 3.05) is 0 Å². The predicted octanol–water partition coefficient (Wildman–Crippen LogP) is 3.60. The second kappa shape index (κ2) is 4.47. The van der Waals surface area contributed by atoms with E-state index in [9.17, 15) is 0 Å². The predicted molar refractivity (Wildman–Crippen MR) is 65.7 cm³/mol. The maximum atomic E-state index is 5.32. The Morgan fingerprint density at radius 1 is 1.40 bits per heavy atom. The van der Waals surface area contributed by atoms with E-state index < -0.39 is 0 Å². The summed E-state index contributed by atoms with van der Waals surface area (Å²) in [6.07, 6.45) is 2.13. The third kappa shape index (κ3) is 2.14. The molecule has 15 heavy (non-hydrogen) atoms. The zero-order chi connectivity index (χ0) is 11.6. The number of nitrogens with zero attached hydrogens (tertiary/aromatic N) is 2. The van der Waals surface area contributed by atoms with Gasteiger partial charge in [-0.2, -0.15) is 5.10 Å². The van der Waals surface area contributed by atoms with Gasteiger partial charge in [0.1, 0.15) is 5.82 Å². The molecule has 1 heterocycles. The van der Waals surface area contributed by atoms with E-state index in [1.807, 2.05) is 0 Å². The Morgan fingerprint density at radius 3 is 2.33 bits per heavy atom. The van der Waals surface area contributed by atoms with Crippen LogP contribution in [0.25, 0.3) is 0 Å². The van der Waals surface area contributed by atoms with Gasteiger partial charge in [0.25, 0.3) is 0 Å². The van der Waals surface area contributed by atoms with Crippen molar-refractivity contribution in [3.63, 3.8) is 0 Å². The van der Waals surface area contributed by atoms with Crippen LogP contribution in [0.5, 0.6) is 0 Å². The van der Waals surface area contributed by atoms with E-state index in [0.717, 1.165) is 23.4 Å². The normalized spacial score (nSPS) is 12.4. The topological polar surface area (TPSA) is 33.6 Å². The highest BCUT2D eigenvalue weighted by molar-refractivity contribution is 7.71. The number of hydrogen-bond donors (Lipinski definition) is 1. The van der Waals surface area contributed by atoms with Crippen LogP contribution >= 0.6 is 12.2 Å². The average Bonchev–Trinajstić information content (AvgIpc) is 2.60. The van der Waals surface area contributed by atoms with Crippen molar-refractivity contribution in [3.8, 4) is 0 Å². The first-order valence-electron chi connectivity index (χ1n) is 5.64. The summed E-state index contributed by atoms with van der Waals surface area (Å²) in [5.41, 5.74) is 0.0870. The van der Waals surface area contributed by atoms with Crippen LogP contribution in [0.2, 0.25) is 0 Å². The smallest absolute Gasteiger partial charge is 0.195 e. The van der Waals surface area contributed by atoms with Gasteiger partial charge in [0, 0.05) is 11.5 Å². The van der Waals surface area contributed by atoms with E-state index in [0.29, 0.717) is 5.92 Å². The minimum absolute atomic E-state index is 0.0870. The summed E-state index contributed by atoms with van der Waals surface area (Å²) >= 11 is 5.32. The number of aromatic amines is 1. The second-order valence-corrected chi connectivity index (χ2v) is 4.97. The Labute approximate surface area is 96.9 Å². The van der Waals surface area contributed by atoms with E-state index in [1.54, 1.807) is 0 Å². The standard InChI is InChI=1S/C11H21N3S/c1-6-11(5,7-2)14-9(8(3)4)12-13-10(14)15/h8H,6-7H2,1-5H3,(H,13,15). The van der Waals surface area contributed by atoms with Gasteiger partial charge >= 0.3 is 0 Å². The maximum absolute atomic E-state index is 5.32. The number of aromatic nitrogens is 3. The molecule has 1 aromatic heterocycles. The first-order valence-corrected chi connectivity index (χ1v) is 6.05. The Morgan fingerprint density at radius 2 is 1.93 bits per heavy atom. The van der Waals surface area contributed by atoms with Crippen molar-refractivity contribution in [2.24, 2.45) is 0 Å². The monoisotopic (exact) mass is 227 g/mol. The van der Waals surface area contributed by atoms with Gasteiger partial charge in [-0.3, -0.25) is 9.67 Å². The van der Waals surface area contributed by atoms with Crippen LogP contribution in [0.15, 0.2) is 0 Å². The summed E-state index contributed by atoms with van der Waals surface area (Å²) < 4.78 is 2.93. The molecule has 0 fully saturated rings. The van der Waals surface area contributed by atoms with Crippen LogP contribution in [0.3, 0.4) is 0 Å². The lowest BCUT2D eigenvalue weighted by atomic mass is 9.94. The molecule has 1 rings (SSSR count). The molecule has 0 saturated carbocycles. The molecule has 0 bridgehead atoms. The summed E-state index contributed by atoms with van der Waals surface area (Å²) in [6.45, 7) is 10.9. The van der Waals surface area contributed by atoms with E-state index in [4.69, 9.17) is 12.2 Å². The molecule has 0 amide bonds. The molecule has 86 valence electrons. The van der Waals surface area contributed by atoms with Gasteiger partial charge in [-0.15, -0.1) is 0 Å². The highest BCUT2D eigenvalue weighted by Crippen LogP contribution is 2.28. The van der Waals surface area contributed by atoms with Gasteiger partial charge < -0.3 is 0 Å². The van der Waals surface area contributed by atoms with Crippen molar-refractivity contribution >= 4 is 12.2 Å². The number of hydrogen-bond acceptors (Lipinski definition) is 2. The molecular formula is C11H21N3S. The van der Waals surface area contributed by atoms with Gasteiger partial charge in [-0.05, 0) is 32.0 Å². The van der Waals surface area contributed by atoms with Crippen LogP contribution < -0.4 is 0 Å². The van der Waals surface area contributed by atoms with Crippen LogP contribution in [0.4, 0.5) is 0 Å². The molecule has 0 aliphatic rings. The van der Waals surface area contributed by atoms with E-state index in [1.165, 1.54) is 0 Å². The Kier molecular flexibility index (Phi) is 3.71. The molecule has 0 aliphatic heterocycles. The molecular weight excluding hydrogens is 206 g/mol. The summed E-state index contributed by atoms with van der Waals surface area (Å²) in [6, 6.07) is 0. The maximum Gasteiger partial charge on any atom is 0.195 e. The lowest BCUT2D eigenvalue weighted by molar-refractivity contribution is 0.278. The molecule has 0 spiro atoms. The van der Waals surface area contributed by atoms with E-state index in [2.05, 4.69) is 49.4 Å². The van der Waals surface area contributed by atoms with Gasteiger partial charge in [0.15, 0.2) is 4.77 Å². The third-order valence-corrected chi connectivity index (χ3v) is 3.55. The minimum atomic E-state index is 0.0870. The van der Waals surface area contributed by atoms with Crippen molar-refractivity contribution < 1.29 is 0 Å². The molecule has 0 aliphatic carbocycles. The number of H-pyrrole nitrogens is 1. The Hall–Kier alpha value is -0.640. The fourth-order valence-electron chi connectivity index (χ4n) is 1.78. The molecule has 1 N–H and O–H groups in total. The van der Waals surface area contributed by atoms with Crippen LogP contribution in [0, 0.1) is 4.77 Å². The lowest BCUT2D eigenvalue weighted by Crippen LogP contribution is -2.30. The lowest BCUT2D eigenvalue weighted by Gasteiger charge is -2.30. The quantitative estimate of drug-likeness (QED) is 0.797. The molecule has 0 unspecified atom stereocenters. The first-order chi connectivity index (χ1) is 6.96. The second-order valence-electron chi connectivity index (χ2n) is 4.58. The first kappa shape index (κ1) is 12.4. The summed E-state index contributed by atoms with van der Waals surface area (Å²) in [4.78, 5) is 0. The zero-order valence-electron chi connectivity index (χ0n) is 10.3. The third-order valence-electron chi connectivity index (χ3n) is 3.28. The summed E-state index contributed by atoms with van der Waals surface area (Å²) in [5.74, 6) is 1.46. The summed E-state index contributed by atoms with van der Waals surface area (Å²) in [7, 11) is 0. The largest absolute Gasteiger partial charge is 0.298 e. The van der Waals surface area contributed by atoms with Gasteiger partial charge in [0.05, 0.1) is 0 Å².